The second kappa shape index (κ2) is 9.56. The van der Waals surface area contributed by atoms with Crippen molar-refractivity contribution in [3.05, 3.63) is 34.6 Å². The van der Waals surface area contributed by atoms with Crippen molar-refractivity contribution >= 4 is 23.6 Å². The zero-order valence-corrected chi connectivity index (χ0v) is 17.0. The number of hydrogen-bond donors (Lipinski definition) is 1. The van der Waals surface area contributed by atoms with Gasteiger partial charge in [0.2, 0.25) is 5.91 Å². The van der Waals surface area contributed by atoms with Gasteiger partial charge in [-0.3, -0.25) is 4.79 Å². The maximum Gasteiger partial charge on any atom is 0.409 e. The Morgan fingerprint density at radius 2 is 1.82 bits per heavy atom. The number of hydrogen-bond acceptors (Lipinski definition) is 3. The molecule has 2 fully saturated rings. The molecule has 0 spiro atoms. The van der Waals surface area contributed by atoms with Crippen molar-refractivity contribution in [3.63, 3.8) is 0 Å². The number of likely N-dealkylation sites (tertiary alicyclic amines) is 1. The Balaban J connectivity index is 1.46. The molecular formula is C20H28ClFN3O3+. The van der Waals surface area contributed by atoms with Gasteiger partial charge in [0.25, 0.3) is 0 Å². The maximum absolute atomic E-state index is 14.0. The number of benzene rings is 1. The van der Waals surface area contributed by atoms with Crippen molar-refractivity contribution in [3.8, 4) is 0 Å². The second-order valence-corrected chi connectivity index (χ2v) is 7.82. The number of rotatable bonds is 4. The minimum atomic E-state index is -0.307. The zero-order chi connectivity index (χ0) is 20.1. The van der Waals surface area contributed by atoms with Gasteiger partial charge in [-0.25, -0.2) is 9.18 Å². The van der Waals surface area contributed by atoms with Gasteiger partial charge < -0.3 is 19.4 Å². The Kier molecular flexibility index (Phi) is 7.13. The number of amides is 2. The molecule has 154 valence electrons. The lowest BCUT2D eigenvalue weighted by Gasteiger charge is -2.37. The number of ether oxygens (including phenoxy) is 1. The van der Waals surface area contributed by atoms with Gasteiger partial charge >= 0.3 is 6.09 Å². The molecule has 0 aliphatic carbocycles. The lowest BCUT2D eigenvalue weighted by Crippen LogP contribution is -3.11. The molecular weight excluding hydrogens is 385 g/mol. The van der Waals surface area contributed by atoms with Crippen molar-refractivity contribution in [1.82, 2.24) is 9.80 Å². The SMILES string of the molecule is CCOC(=O)N1CCN(C(=O)C2CC[NH+](Cc3c(F)cccc3Cl)CC2)CC1. The van der Waals surface area contributed by atoms with E-state index < -0.39 is 0 Å². The molecule has 28 heavy (non-hydrogen) atoms. The number of piperazine rings is 1. The summed E-state index contributed by atoms with van der Waals surface area (Å²) in [5, 5.41) is 0.463. The highest BCUT2D eigenvalue weighted by molar-refractivity contribution is 6.31. The summed E-state index contributed by atoms with van der Waals surface area (Å²) in [7, 11) is 0. The molecule has 0 radical (unpaired) electrons. The van der Waals surface area contributed by atoms with Crippen LogP contribution in [0.2, 0.25) is 5.02 Å². The number of carbonyl (C=O) groups is 2. The van der Waals surface area contributed by atoms with Crippen LogP contribution in [-0.2, 0) is 16.1 Å². The van der Waals surface area contributed by atoms with Crippen LogP contribution < -0.4 is 4.90 Å². The first-order valence-electron chi connectivity index (χ1n) is 9.96. The van der Waals surface area contributed by atoms with E-state index in [0.717, 1.165) is 25.9 Å². The van der Waals surface area contributed by atoms with E-state index in [1.807, 2.05) is 4.90 Å². The standard InChI is InChI=1S/C20H27ClFN3O3/c1-2-28-20(27)25-12-10-24(11-13-25)19(26)15-6-8-23(9-7-15)14-16-17(21)4-3-5-18(16)22/h3-5,15H,2,6-14H2,1H3/p+1. The van der Waals surface area contributed by atoms with Crippen molar-refractivity contribution < 1.29 is 23.6 Å². The Hall–Kier alpha value is -1.86. The average Bonchev–Trinajstić information content (AvgIpc) is 2.71. The van der Waals surface area contributed by atoms with Gasteiger partial charge in [-0.05, 0) is 19.1 Å². The van der Waals surface area contributed by atoms with Gasteiger partial charge in [-0.1, -0.05) is 17.7 Å². The summed E-state index contributed by atoms with van der Waals surface area (Å²) in [6.07, 6.45) is 1.27. The monoisotopic (exact) mass is 412 g/mol. The molecule has 0 unspecified atom stereocenters. The third-order valence-electron chi connectivity index (χ3n) is 5.65. The molecule has 1 aromatic rings. The number of halogens is 2. The molecule has 2 saturated heterocycles. The third-order valence-corrected chi connectivity index (χ3v) is 6.00. The van der Waals surface area contributed by atoms with Crippen LogP contribution in [0.4, 0.5) is 9.18 Å². The lowest BCUT2D eigenvalue weighted by molar-refractivity contribution is -0.919. The van der Waals surface area contributed by atoms with E-state index in [4.69, 9.17) is 16.3 Å². The number of nitrogens with one attached hydrogen (secondary N) is 1. The largest absolute Gasteiger partial charge is 0.450 e. The molecule has 2 heterocycles. The van der Waals surface area contributed by atoms with Crippen molar-refractivity contribution in [2.45, 2.75) is 26.3 Å². The molecule has 1 N–H and O–H groups in total. The number of quaternary nitrogens is 1. The molecule has 2 amide bonds. The molecule has 0 aromatic heterocycles. The van der Waals surface area contributed by atoms with Gasteiger partial charge in [0, 0.05) is 44.9 Å². The van der Waals surface area contributed by atoms with Gasteiger partial charge in [0.05, 0.1) is 30.3 Å². The Morgan fingerprint density at radius 3 is 2.43 bits per heavy atom. The maximum atomic E-state index is 14.0. The number of nitrogens with zero attached hydrogens (tertiary/aromatic N) is 2. The Labute approximate surface area is 170 Å². The van der Waals surface area contributed by atoms with Crippen LogP contribution >= 0.6 is 11.6 Å². The van der Waals surface area contributed by atoms with Crippen LogP contribution in [0, 0.1) is 11.7 Å². The first-order chi connectivity index (χ1) is 13.5. The van der Waals surface area contributed by atoms with E-state index in [-0.39, 0.29) is 23.7 Å². The fourth-order valence-electron chi connectivity index (χ4n) is 3.98. The highest BCUT2D eigenvalue weighted by atomic mass is 35.5. The quantitative estimate of drug-likeness (QED) is 0.816. The van der Waals surface area contributed by atoms with Crippen LogP contribution in [0.1, 0.15) is 25.3 Å². The van der Waals surface area contributed by atoms with Crippen LogP contribution in [0.25, 0.3) is 0 Å². The van der Waals surface area contributed by atoms with Gasteiger partial charge in [0.1, 0.15) is 12.4 Å². The van der Waals surface area contributed by atoms with Gasteiger partial charge in [0.15, 0.2) is 0 Å². The highest BCUT2D eigenvalue weighted by Crippen LogP contribution is 2.19. The Bertz CT molecular complexity index is 682. The molecule has 2 aliphatic rings. The summed E-state index contributed by atoms with van der Waals surface area (Å²) in [5.41, 5.74) is 0.555. The summed E-state index contributed by atoms with van der Waals surface area (Å²) >= 11 is 6.13. The van der Waals surface area contributed by atoms with Crippen LogP contribution in [0.3, 0.4) is 0 Å². The van der Waals surface area contributed by atoms with Crippen molar-refractivity contribution in [2.75, 3.05) is 45.9 Å². The highest BCUT2D eigenvalue weighted by Gasteiger charge is 2.33. The molecule has 6 nitrogen and oxygen atoms in total. The van der Waals surface area contributed by atoms with Crippen molar-refractivity contribution in [2.24, 2.45) is 5.92 Å². The van der Waals surface area contributed by atoms with E-state index in [9.17, 15) is 14.0 Å². The van der Waals surface area contributed by atoms with Crippen LogP contribution in [-0.4, -0.2) is 67.7 Å². The number of carbonyl (C=O) groups excluding carboxylic acids is 2. The summed E-state index contributed by atoms with van der Waals surface area (Å²) in [6, 6.07) is 4.77. The van der Waals surface area contributed by atoms with Gasteiger partial charge in [-0.15, -0.1) is 0 Å². The van der Waals surface area contributed by atoms with E-state index in [1.54, 1.807) is 24.0 Å². The summed E-state index contributed by atoms with van der Waals surface area (Å²) in [5.74, 6) is -0.0851. The van der Waals surface area contributed by atoms with Crippen molar-refractivity contribution in [1.29, 1.82) is 0 Å². The summed E-state index contributed by atoms with van der Waals surface area (Å²) in [6.45, 7) is 6.47. The van der Waals surface area contributed by atoms with E-state index in [1.165, 1.54) is 11.0 Å². The van der Waals surface area contributed by atoms with Gasteiger partial charge in [-0.2, -0.15) is 0 Å². The molecule has 0 bridgehead atoms. The normalized spacial score (nSPS) is 22.8. The van der Waals surface area contributed by atoms with E-state index in [2.05, 4.69) is 0 Å². The summed E-state index contributed by atoms with van der Waals surface area (Å²) < 4.78 is 19.0. The van der Waals surface area contributed by atoms with E-state index in [0.29, 0.717) is 49.9 Å². The average molecular weight is 413 g/mol. The Morgan fingerprint density at radius 1 is 1.18 bits per heavy atom. The fourth-order valence-corrected chi connectivity index (χ4v) is 4.21. The zero-order valence-electron chi connectivity index (χ0n) is 16.3. The second-order valence-electron chi connectivity index (χ2n) is 7.41. The first-order valence-corrected chi connectivity index (χ1v) is 10.3. The topological polar surface area (TPSA) is 54.3 Å². The number of piperidine rings is 1. The molecule has 3 rings (SSSR count). The smallest absolute Gasteiger partial charge is 0.409 e. The minimum Gasteiger partial charge on any atom is -0.450 e. The van der Waals surface area contributed by atoms with Crippen LogP contribution in [0.5, 0.6) is 0 Å². The summed E-state index contributed by atoms with van der Waals surface area (Å²) in [4.78, 5) is 29.4. The molecule has 8 heteroatoms. The third kappa shape index (κ3) is 4.94. The predicted octanol–water partition coefficient (Wildman–Crippen LogP) is 1.57. The lowest BCUT2D eigenvalue weighted by atomic mass is 9.94. The molecule has 0 saturated carbocycles. The predicted molar refractivity (Wildman–Crippen MR) is 104 cm³/mol. The molecule has 2 aliphatic heterocycles. The molecule has 1 aromatic carbocycles. The fraction of sp³-hybridized carbons (Fsp3) is 0.600. The van der Waals surface area contributed by atoms with E-state index >= 15 is 0 Å². The first kappa shape index (κ1) is 20.9. The van der Waals surface area contributed by atoms with Crippen LogP contribution in [0.15, 0.2) is 18.2 Å². The molecule has 0 atom stereocenters. The minimum absolute atomic E-state index is 0.00832.